The Bertz CT molecular complexity index is 129. The average molecular weight is 214 g/mol. The van der Waals surface area contributed by atoms with Crippen LogP contribution in [0.1, 0.15) is 47.0 Å². The largest absolute Gasteiger partial charge is 0.307 e. The topological polar surface area (TPSA) is 6.48 Å². The van der Waals surface area contributed by atoms with Crippen molar-refractivity contribution in [3.05, 3.63) is 0 Å². The van der Waals surface area contributed by atoms with Gasteiger partial charge in [0.1, 0.15) is 0 Å². The van der Waals surface area contributed by atoms with Crippen LogP contribution in [-0.2, 0) is 0 Å². The van der Waals surface area contributed by atoms with E-state index in [0.717, 1.165) is 6.04 Å². The van der Waals surface area contributed by atoms with Gasteiger partial charge in [-0.3, -0.25) is 0 Å². The van der Waals surface area contributed by atoms with Gasteiger partial charge in [-0.25, -0.2) is 0 Å². The molecule has 1 aliphatic rings. The first-order chi connectivity index (χ1) is 6.95. The van der Waals surface area contributed by atoms with Crippen LogP contribution in [0.4, 0.5) is 0 Å². The number of likely N-dealkylation sites (tertiary alicyclic amines) is 1. The second kappa shape index (κ2) is 8.12. The molecule has 0 unspecified atom stereocenters. The van der Waals surface area contributed by atoms with E-state index in [2.05, 4.69) is 51.6 Å². The summed E-state index contributed by atoms with van der Waals surface area (Å²) in [6, 6.07) is 1.45. The molecule has 0 N–H and O–H groups in total. The highest BCUT2D eigenvalue weighted by Crippen LogP contribution is 2.10. The van der Waals surface area contributed by atoms with Crippen LogP contribution in [0.5, 0.6) is 0 Å². The highest BCUT2D eigenvalue weighted by Gasteiger charge is 2.11. The molecule has 2 nitrogen and oxygen atoms in total. The summed E-state index contributed by atoms with van der Waals surface area (Å²) in [6.45, 7) is 11.6. The molecule has 2 heteroatoms. The molecule has 1 fully saturated rings. The summed E-state index contributed by atoms with van der Waals surface area (Å²) in [5.41, 5.74) is 0. The van der Waals surface area contributed by atoms with E-state index in [4.69, 9.17) is 0 Å². The molecular weight excluding hydrogens is 184 g/mol. The van der Waals surface area contributed by atoms with Crippen molar-refractivity contribution < 1.29 is 0 Å². The number of hydrogen-bond acceptors (Lipinski definition) is 2. The molecule has 1 aliphatic heterocycles. The van der Waals surface area contributed by atoms with Gasteiger partial charge in [0, 0.05) is 12.1 Å². The van der Waals surface area contributed by atoms with E-state index in [0.29, 0.717) is 6.04 Å². The van der Waals surface area contributed by atoms with Crippen LogP contribution in [0.2, 0.25) is 0 Å². The molecule has 1 heterocycles. The fourth-order valence-corrected chi connectivity index (χ4v) is 1.43. The monoisotopic (exact) mass is 214 g/mol. The minimum absolute atomic E-state index is 0.685. The third kappa shape index (κ3) is 7.80. The summed E-state index contributed by atoms with van der Waals surface area (Å²) in [5.74, 6) is 0. The predicted molar refractivity (Wildman–Crippen MR) is 69.4 cm³/mol. The van der Waals surface area contributed by atoms with Crippen LogP contribution in [0.25, 0.3) is 0 Å². The molecule has 1 rings (SSSR count). The van der Waals surface area contributed by atoms with Crippen LogP contribution >= 0.6 is 0 Å². The fourth-order valence-electron chi connectivity index (χ4n) is 1.43. The summed E-state index contributed by atoms with van der Waals surface area (Å²) >= 11 is 0. The SMILES string of the molecule is CC(C)N(C)C.CC(C)N1CCCCC1. The lowest BCUT2D eigenvalue weighted by atomic mass is 10.1. The summed E-state index contributed by atoms with van der Waals surface area (Å²) in [4.78, 5) is 4.73. The van der Waals surface area contributed by atoms with E-state index in [1.807, 2.05) is 0 Å². The Kier molecular flexibility index (Phi) is 8.07. The van der Waals surface area contributed by atoms with Crippen molar-refractivity contribution in [3.8, 4) is 0 Å². The van der Waals surface area contributed by atoms with E-state index in [9.17, 15) is 0 Å². The third-order valence-electron chi connectivity index (χ3n) is 3.15. The first kappa shape index (κ1) is 14.9. The van der Waals surface area contributed by atoms with E-state index in [-0.39, 0.29) is 0 Å². The van der Waals surface area contributed by atoms with E-state index in [1.165, 1.54) is 32.4 Å². The zero-order chi connectivity index (χ0) is 11.8. The highest BCUT2D eigenvalue weighted by atomic mass is 15.1. The van der Waals surface area contributed by atoms with Crippen LogP contribution in [-0.4, -0.2) is 49.1 Å². The molecule has 15 heavy (non-hydrogen) atoms. The first-order valence-electron chi connectivity index (χ1n) is 6.35. The molecule has 0 aliphatic carbocycles. The molecule has 1 saturated heterocycles. The van der Waals surface area contributed by atoms with Crippen molar-refractivity contribution in [2.24, 2.45) is 0 Å². The summed E-state index contributed by atoms with van der Waals surface area (Å²) in [5, 5.41) is 0. The lowest BCUT2D eigenvalue weighted by molar-refractivity contribution is 0.185. The molecule has 0 amide bonds. The minimum atomic E-state index is 0.685. The van der Waals surface area contributed by atoms with Crippen LogP contribution in [0.3, 0.4) is 0 Å². The Morgan fingerprint density at radius 1 is 0.867 bits per heavy atom. The molecule has 0 aromatic heterocycles. The number of piperidine rings is 1. The summed E-state index contributed by atoms with van der Waals surface area (Å²) in [7, 11) is 4.15. The maximum atomic E-state index is 2.56. The fraction of sp³-hybridized carbons (Fsp3) is 1.00. The van der Waals surface area contributed by atoms with E-state index < -0.39 is 0 Å². The summed E-state index contributed by atoms with van der Waals surface area (Å²) in [6.07, 6.45) is 4.28. The maximum absolute atomic E-state index is 2.56. The van der Waals surface area contributed by atoms with Gasteiger partial charge in [0.2, 0.25) is 0 Å². The number of hydrogen-bond donors (Lipinski definition) is 0. The standard InChI is InChI=1S/C8H17N.C5H13N/c1-8(2)9-6-4-3-5-7-9;1-5(2)6(3)4/h8H,3-7H2,1-2H3;5H,1-4H3. The Morgan fingerprint density at radius 2 is 1.27 bits per heavy atom. The number of rotatable bonds is 2. The molecule has 0 saturated carbocycles. The quantitative estimate of drug-likeness (QED) is 0.697. The molecular formula is C13H30N2. The second-order valence-electron chi connectivity index (χ2n) is 5.25. The zero-order valence-electron chi connectivity index (χ0n) is 11.6. The third-order valence-corrected chi connectivity index (χ3v) is 3.15. The Hall–Kier alpha value is -0.0800. The molecule has 0 radical (unpaired) electrons. The van der Waals surface area contributed by atoms with Gasteiger partial charge in [-0.2, -0.15) is 0 Å². The van der Waals surface area contributed by atoms with Crippen molar-refractivity contribution in [3.63, 3.8) is 0 Å². The maximum Gasteiger partial charge on any atom is 0.00385 e. The van der Waals surface area contributed by atoms with Gasteiger partial charge in [0.25, 0.3) is 0 Å². The van der Waals surface area contributed by atoms with Gasteiger partial charge >= 0.3 is 0 Å². The normalized spacial score (nSPS) is 18.2. The second-order valence-corrected chi connectivity index (χ2v) is 5.25. The van der Waals surface area contributed by atoms with E-state index in [1.54, 1.807) is 0 Å². The molecule has 0 spiro atoms. The number of nitrogens with zero attached hydrogens (tertiary/aromatic N) is 2. The van der Waals surface area contributed by atoms with Crippen LogP contribution in [0, 0.1) is 0 Å². The van der Waals surface area contributed by atoms with Crippen LogP contribution in [0.15, 0.2) is 0 Å². The molecule has 92 valence electrons. The zero-order valence-corrected chi connectivity index (χ0v) is 11.6. The Morgan fingerprint density at radius 3 is 1.47 bits per heavy atom. The Labute approximate surface area is 96.6 Å². The molecule has 0 atom stereocenters. The van der Waals surface area contributed by atoms with Gasteiger partial charge in [0.15, 0.2) is 0 Å². The van der Waals surface area contributed by atoms with Gasteiger partial charge in [0.05, 0.1) is 0 Å². The van der Waals surface area contributed by atoms with Gasteiger partial charge in [-0.05, 0) is 67.7 Å². The van der Waals surface area contributed by atoms with Crippen molar-refractivity contribution in [2.45, 2.75) is 59.0 Å². The van der Waals surface area contributed by atoms with Crippen molar-refractivity contribution in [1.82, 2.24) is 9.80 Å². The first-order valence-corrected chi connectivity index (χ1v) is 6.35. The highest BCUT2D eigenvalue weighted by molar-refractivity contribution is 4.67. The predicted octanol–water partition coefficient (Wildman–Crippen LogP) is 2.84. The smallest absolute Gasteiger partial charge is 0.00385 e. The molecule has 0 bridgehead atoms. The molecule has 0 aromatic rings. The van der Waals surface area contributed by atoms with Crippen molar-refractivity contribution in [2.75, 3.05) is 27.2 Å². The lowest BCUT2D eigenvalue weighted by Gasteiger charge is -2.29. The van der Waals surface area contributed by atoms with Crippen molar-refractivity contribution >= 4 is 0 Å². The summed E-state index contributed by atoms with van der Waals surface area (Å²) < 4.78 is 0. The van der Waals surface area contributed by atoms with Gasteiger partial charge in [-0.1, -0.05) is 6.42 Å². The Balaban J connectivity index is 0.000000288. The minimum Gasteiger partial charge on any atom is -0.307 e. The van der Waals surface area contributed by atoms with Gasteiger partial charge < -0.3 is 9.80 Å². The lowest BCUT2D eigenvalue weighted by Crippen LogP contribution is -2.35. The average Bonchev–Trinajstić information content (AvgIpc) is 2.20. The van der Waals surface area contributed by atoms with Crippen molar-refractivity contribution in [1.29, 1.82) is 0 Å². The van der Waals surface area contributed by atoms with Gasteiger partial charge in [-0.15, -0.1) is 0 Å². The van der Waals surface area contributed by atoms with E-state index >= 15 is 0 Å². The van der Waals surface area contributed by atoms with Crippen LogP contribution < -0.4 is 0 Å². The molecule has 0 aromatic carbocycles.